The van der Waals surface area contributed by atoms with Gasteiger partial charge in [0.25, 0.3) is 0 Å². The minimum atomic E-state index is -0.476. The molecule has 0 saturated carbocycles. The van der Waals surface area contributed by atoms with Crippen LogP contribution < -0.4 is 0 Å². The van der Waals surface area contributed by atoms with Crippen molar-refractivity contribution in [2.75, 3.05) is 0 Å². The van der Waals surface area contributed by atoms with Gasteiger partial charge in [0.2, 0.25) is 0 Å². The molecule has 0 aromatic rings. The summed E-state index contributed by atoms with van der Waals surface area (Å²) in [6.45, 7) is 3.62. The average Bonchev–Trinajstić information content (AvgIpc) is 1.89. The molecule has 1 aliphatic carbocycles. The van der Waals surface area contributed by atoms with E-state index in [1.807, 2.05) is 6.08 Å². The molecule has 1 heteroatoms. The lowest BCUT2D eigenvalue weighted by Gasteiger charge is -2.27. The van der Waals surface area contributed by atoms with Crippen molar-refractivity contribution in [3.05, 3.63) is 24.8 Å². The van der Waals surface area contributed by atoms with Gasteiger partial charge in [-0.15, -0.1) is 6.58 Å². The maximum absolute atomic E-state index is 9.75. The number of hydrogen-bond acceptors (Lipinski definition) is 1. The summed E-state index contributed by atoms with van der Waals surface area (Å²) < 4.78 is 0. The second-order valence-corrected chi connectivity index (χ2v) is 2.93. The maximum Gasteiger partial charge on any atom is 0.0719 e. The van der Waals surface area contributed by atoms with Gasteiger partial charge in [0.15, 0.2) is 0 Å². The molecular formula is C9H14O. The van der Waals surface area contributed by atoms with E-state index in [-0.39, 0.29) is 0 Å². The molecule has 0 saturated heterocycles. The highest BCUT2D eigenvalue weighted by Gasteiger charge is 2.24. The highest BCUT2D eigenvalue weighted by atomic mass is 16.3. The minimum Gasteiger partial charge on any atom is -0.389 e. The Bertz CT molecular complexity index is 149. The highest BCUT2D eigenvalue weighted by molar-refractivity contribution is 5.00. The minimum absolute atomic E-state index is 0.476. The summed E-state index contributed by atoms with van der Waals surface area (Å²) in [7, 11) is 0. The third-order valence-electron chi connectivity index (χ3n) is 1.97. The summed E-state index contributed by atoms with van der Waals surface area (Å²) in [6.07, 6.45) is 9.36. The van der Waals surface area contributed by atoms with Crippen LogP contribution in [0.15, 0.2) is 24.8 Å². The molecule has 0 radical (unpaired) electrons. The number of rotatable bonds is 2. The van der Waals surface area contributed by atoms with Crippen LogP contribution in [0, 0.1) is 0 Å². The van der Waals surface area contributed by atoms with E-state index in [4.69, 9.17) is 0 Å². The first kappa shape index (κ1) is 7.55. The van der Waals surface area contributed by atoms with E-state index in [1.54, 1.807) is 6.08 Å². The lowest BCUT2D eigenvalue weighted by Crippen LogP contribution is -2.28. The van der Waals surface area contributed by atoms with E-state index in [1.165, 1.54) is 0 Å². The molecule has 0 heterocycles. The summed E-state index contributed by atoms with van der Waals surface area (Å²) in [5.41, 5.74) is -0.476. The predicted octanol–water partition coefficient (Wildman–Crippen LogP) is 2.03. The quantitative estimate of drug-likeness (QED) is 0.579. The fourth-order valence-corrected chi connectivity index (χ4v) is 1.33. The summed E-state index contributed by atoms with van der Waals surface area (Å²) in [4.78, 5) is 0. The molecule has 0 aromatic heterocycles. The first-order valence-electron chi connectivity index (χ1n) is 3.75. The number of allylic oxidation sites excluding steroid dienone is 1. The standard InChI is InChI=1S/C9H14O/c1-2-6-9(10)7-4-3-5-8-9/h2-4,10H,1,5-8H2. The fourth-order valence-electron chi connectivity index (χ4n) is 1.33. The Hall–Kier alpha value is -0.560. The van der Waals surface area contributed by atoms with Gasteiger partial charge in [0.1, 0.15) is 0 Å². The van der Waals surface area contributed by atoms with Crippen LogP contribution in [0.2, 0.25) is 0 Å². The zero-order valence-electron chi connectivity index (χ0n) is 6.21. The molecule has 1 N–H and O–H groups in total. The van der Waals surface area contributed by atoms with Crippen molar-refractivity contribution >= 4 is 0 Å². The van der Waals surface area contributed by atoms with Gasteiger partial charge in [0.05, 0.1) is 5.60 Å². The Morgan fingerprint density at radius 2 is 2.40 bits per heavy atom. The first-order valence-corrected chi connectivity index (χ1v) is 3.75. The van der Waals surface area contributed by atoms with Crippen LogP contribution in [0.1, 0.15) is 25.7 Å². The summed E-state index contributed by atoms with van der Waals surface area (Å²) in [5, 5.41) is 9.75. The third kappa shape index (κ3) is 1.71. The van der Waals surface area contributed by atoms with Crippen molar-refractivity contribution in [3.8, 4) is 0 Å². The van der Waals surface area contributed by atoms with E-state index >= 15 is 0 Å². The molecule has 0 spiro atoms. The molecule has 0 fully saturated rings. The Labute approximate surface area is 62.1 Å². The topological polar surface area (TPSA) is 20.2 Å². The van der Waals surface area contributed by atoms with Gasteiger partial charge in [-0.25, -0.2) is 0 Å². The van der Waals surface area contributed by atoms with E-state index in [0.29, 0.717) is 0 Å². The van der Waals surface area contributed by atoms with Crippen molar-refractivity contribution in [2.24, 2.45) is 0 Å². The Morgan fingerprint density at radius 3 is 2.90 bits per heavy atom. The van der Waals surface area contributed by atoms with Crippen LogP contribution in [0.25, 0.3) is 0 Å². The second kappa shape index (κ2) is 3.02. The third-order valence-corrected chi connectivity index (χ3v) is 1.97. The predicted molar refractivity (Wildman–Crippen MR) is 42.8 cm³/mol. The zero-order chi connectivity index (χ0) is 7.45. The summed E-state index contributed by atoms with van der Waals surface area (Å²) in [6, 6.07) is 0. The van der Waals surface area contributed by atoms with Gasteiger partial charge in [-0.05, 0) is 25.7 Å². The van der Waals surface area contributed by atoms with Crippen LogP contribution in [0.3, 0.4) is 0 Å². The zero-order valence-corrected chi connectivity index (χ0v) is 6.21. The second-order valence-electron chi connectivity index (χ2n) is 2.93. The van der Waals surface area contributed by atoms with Crippen LogP contribution in [-0.4, -0.2) is 10.7 Å². The number of aliphatic hydroxyl groups is 1. The van der Waals surface area contributed by atoms with Crippen molar-refractivity contribution in [2.45, 2.75) is 31.3 Å². The monoisotopic (exact) mass is 138 g/mol. The lowest BCUT2D eigenvalue weighted by atomic mass is 9.87. The SMILES string of the molecule is C=CCC1(O)CC=CCC1. The van der Waals surface area contributed by atoms with Gasteiger partial charge in [-0.3, -0.25) is 0 Å². The molecule has 0 aliphatic heterocycles. The Balaban J connectivity index is 2.50. The van der Waals surface area contributed by atoms with Gasteiger partial charge < -0.3 is 5.11 Å². The number of hydrogen-bond donors (Lipinski definition) is 1. The summed E-state index contributed by atoms with van der Waals surface area (Å²) in [5.74, 6) is 0. The smallest absolute Gasteiger partial charge is 0.0719 e. The fraction of sp³-hybridized carbons (Fsp3) is 0.556. The van der Waals surface area contributed by atoms with Gasteiger partial charge in [-0.1, -0.05) is 18.2 Å². The molecular weight excluding hydrogens is 124 g/mol. The Kier molecular flexibility index (Phi) is 2.28. The molecule has 1 unspecified atom stereocenters. The van der Waals surface area contributed by atoms with Crippen molar-refractivity contribution in [1.82, 2.24) is 0 Å². The van der Waals surface area contributed by atoms with Gasteiger partial charge >= 0.3 is 0 Å². The average molecular weight is 138 g/mol. The molecule has 56 valence electrons. The molecule has 0 bridgehead atoms. The lowest BCUT2D eigenvalue weighted by molar-refractivity contribution is 0.0345. The maximum atomic E-state index is 9.75. The molecule has 0 amide bonds. The molecule has 0 aromatic carbocycles. The highest BCUT2D eigenvalue weighted by Crippen LogP contribution is 2.26. The van der Waals surface area contributed by atoms with E-state index in [2.05, 4.69) is 12.7 Å². The molecule has 10 heavy (non-hydrogen) atoms. The van der Waals surface area contributed by atoms with E-state index in [9.17, 15) is 5.11 Å². The van der Waals surface area contributed by atoms with E-state index < -0.39 is 5.60 Å². The van der Waals surface area contributed by atoms with Crippen LogP contribution in [0.4, 0.5) is 0 Å². The largest absolute Gasteiger partial charge is 0.389 e. The van der Waals surface area contributed by atoms with Crippen molar-refractivity contribution < 1.29 is 5.11 Å². The normalized spacial score (nSPS) is 32.1. The van der Waals surface area contributed by atoms with Gasteiger partial charge in [-0.2, -0.15) is 0 Å². The summed E-state index contributed by atoms with van der Waals surface area (Å²) >= 11 is 0. The van der Waals surface area contributed by atoms with Gasteiger partial charge in [0, 0.05) is 0 Å². The van der Waals surface area contributed by atoms with Crippen molar-refractivity contribution in [3.63, 3.8) is 0 Å². The Morgan fingerprint density at radius 1 is 1.60 bits per heavy atom. The van der Waals surface area contributed by atoms with Crippen LogP contribution in [0.5, 0.6) is 0 Å². The van der Waals surface area contributed by atoms with Crippen LogP contribution in [-0.2, 0) is 0 Å². The molecule has 1 nitrogen and oxygen atoms in total. The first-order chi connectivity index (χ1) is 4.77. The molecule has 1 aliphatic rings. The van der Waals surface area contributed by atoms with Crippen molar-refractivity contribution in [1.29, 1.82) is 0 Å². The molecule has 1 rings (SSSR count). The van der Waals surface area contributed by atoms with Crippen LogP contribution >= 0.6 is 0 Å². The van der Waals surface area contributed by atoms with E-state index in [0.717, 1.165) is 25.7 Å². The molecule has 1 atom stereocenters.